The molecule has 0 saturated carbocycles. The van der Waals surface area contributed by atoms with Crippen LogP contribution < -0.4 is 5.32 Å². The van der Waals surface area contributed by atoms with E-state index in [4.69, 9.17) is 0 Å². The Morgan fingerprint density at radius 1 is 1.11 bits per heavy atom. The molecule has 1 spiro atoms. The Balaban J connectivity index is 1.42. The average Bonchev–Trinajstić information content (AvgIpc) is 3.32. The average molecular weight is 496 g/mol. The number of likely N-dealkylation sites (tertiary alicyclic amines) is 1. The molecule has 3 heterocycles. The van der Waals surface area contributed by atoms with E-state index in [-0.39, 0.29) is 11.8 Å². The molecule has 2 amide bonds. The van der Waals surface area contributed by atoms with Gasteiger partial charge in [0.15, 0.2) is 0 Å². The van der Waals surface area contributed by atoms with Crippen molar-refractivity contribution in [3.8, 4) is 10.4 Å². The van der Waals surface area contributed by atoms with Gasteiger partial charge in [0.25, 0.3) is 0 Å². The van der Waals surface area contributed by atoms with Gasteiger partial charge in [0.05, 0.1) is 0 Å². The molecule has 1 unspecified atom stereocenters. The number of hydrogen-bond donors (Lipinski definition) is 1. The standard InChI is InChI=1S/C28H37N3O3S/c1-4-5-14-31-26(33)24(17-20(2)3)29-27(34)28(31)12-15-30(16-13-28)18-23-10-11-25(35-23)22-8-6-21(19-32)7-9-22/h6-11,19-20,24H,4-5,12-18H2,1-3H3,(H,29,34). The summed E-state index contributed by atoms with van der Waals surface area (Å²) in [5, 5.41) is 3.09. The number of aldehydes is 1. The fourth-order valence-electron chi connectivity index (χ4n) is 5.29. The molecule has 0 bridgehead atoms. The van der Waals surface area contributed by atoms with Crippen molar-refractivity contribution >= 4 is 29.4 Å². The SMILES string of the molecule is CCCCN1C(=O)C(CC(C)C)NC(=O)C12CCN(Cc1ccc(-c3ccc(C=O)cc3)s1)CC2. The zero-order chi connectivity index (χ0) is 25.0. The lowest BCUT2D eigenvalue weighted by Crippen LogP contribution is -2.73. The van der Waals surface area contributed by atoms with Crippen molar-refractivity contribution in [1.29, 1.82) is 0 Å². The second-order valence-electron chi connectivity index (χ2n) is 10.3. The van der Waals surface area contributed by atoms with E-state index in [1.54, 1.807) is 11.3 Å². The van der Waals surface area contributed by atoms with Crippen molar-refractivity contribution < 1.29 is 14.4 Å². The van der Waals surface area contributed by atoms with E-state index >= 15 is 0 Å². The first-order valence-corrected chi connectivity index (χ1v) is 13.7. The number of carbonyl (C=O) groups is 3. The minimum atomic E-state index is -0.711. The van der Waals surface area contributed by atoms with Crippen molar-refractivity contribution in [3.63, 3.8) is 0 Å². The van der Waals surface area contributed by atoms with Crippen LogP contribution >= 0.6 is 11.3 Å². The summed E-state index contributed by atoms with van der Waals surface area (Å²) in [5.74, 6) is 0.492. The van der Waals surface area contributed by atoms with Gasteiger partial charge in [-0.25, -0.2) is 0 Å². The van der Waals surface area contributed by atoms with Crippen LogP contribution in [0.2, 0.25) is 0 Å². The maximum atomic E-state index is 13.4. The summed E-state index contributed by atoms with van der Waals surface area (Å²) in [6, 6.07) is 11.6. The number of amides is 2. The summed E-state index contributed by atoms with van der Waals surface area (Å²) in [6.45, 7) is 9.40. The van der Waals surface area contributed by atoms with Gasteiger partial charge in [0.2, 0.25) is 11.8 Å². The van der Waals surface area contributed by atoms with E-state index in [1.165, 1.54) is 9.75 Å². The largest absolute Gasteiger partial charge is 0.342 e. The summed E-state index contributed by atoms with van der Waals surface area (Å²) in [6.07, 6.45) is 4.82. The Morgan fingerprint density at radius 3 is 2.46 bits per heavy atom. The summed E-state index contributed by atoms with van der Waals surface area (Å²) in [4.78, 5) is 44.5. The molecule has 35 heavy (non-hydrogen) atoms. The normalized spacial score (nSPS) is 20.5. The Labute approximate surface area is 212 Å². The molecule has 1 aromatic carbocycles. The number of unbranched alkanes of at least 4 members (excludes halogenated alkanes) is 1. The van der Waals surface area contributed by atoms with Crippen LogP contribution in [-0.2, 0) is 16.1 Å². The lowest BCUT2D eigenvalue weighted by molar-refractivity contribution is -0.161. The molecule has 6 nitrogen and oxygen atoms in total. The Hall–Kier alpha value is -2.51. The highest BCUT2D eigenvalue weighted by atomic mass is 32.1. The van der Waals surface area contributed by atoms with E-state index in [2.05, 4.69) is 43.1 Å². The molecule has 188 valence electrons. The third-order valence-electron chi connectivity index (χ3n) is 7.31. The first kappa shape index (κ1) is 25.6. The Bertz CT molecular complexity index is 1040. The summed E-state index contributed by atoms with van der Waals surface area (Å²) in [7, 11) is 0. The van der Waals surface area contributed by atoms with Gasteiger partial charge < -0.3 is 10.2 Å². The molecule has 2 aliphatic rings. The third kappa shape index (κ3) is 5.51. The van der Waals surface area contributed by atoms with Gasteiger partial charge in [-0.15, -0.1) is 11.3 Å². The minimum Gasteiger partial charge on any atom is -0.342 e. The second-order valence-corrected chi connectivity index (χ2v) is 11.5. The highest BCUT2D eigenvalue weighted by molar-refractivity contribution is 7.15. The number of rotatable bonds is 9. The van der Waals surface area contributed by atoms with Crippen LogP contribution in [0.5, 0.6) is 0 Å². The third-order valence-corrected chi connectivity index (χ3v) is 8.43. The fraction of sp³-hybridized carbons (Fsp3) is 0.536. The van der Waals surface area contributed by atoms with Crippen LogP contribution in [0.1, 0.15) is 68.1 Å². The van der Waals surface area contributed by atoms with Gasteiger partial charge in [-0.1, -0.05) is 51.5 Å². The molecule has 0 radical (unpaired) electrons. The van der Waals surface area contributed by atoms with E-state index in [1.807, 2.05) is 29.2 Å². The fourth-order valence-corrected chi connectivity index (χ4v) is 6.35. The Kier molecular flexibility index (Phi) is 8.07. The smallest absolute Gasteiger partial charge is 0.246 e. The van der Waals surface area contributed by atoms with Crippen LogP contribution in [0.4, 0.5) is 0 Å². The predicted octanol–water partition coefficient (Wildman–Crippen LogP) is 4.74. The highest BCUT2D eigenvalue weighted by Crippen LogP contribution is 2.36. The van der Waals surface area contributed by atoms with Crippen LogP contribution in [0.25, 0.3) is 10.4 Å². The van der Waals surface area contributed by atoms with Crippen LogP contribution in [0.15, 0.2) is 36.4 Å². The van der Waals surface area contributed by atoms with Crippen LogP contribution in [0, 0.1) is 5.92 Å². The molecule has 2 aromatic rings. The molecule has 1 N–H and O–H groups in total. The van der Waals surface area contributed by atoms with Crippen molar-refractivity contribution in [2.45, 2.75) is 71.0 Å². The monoisotopic (exact) mass is 495 g/mol. The summed E-state index contributed by atoms with van der Waals surface area (Å²) < 4.78 is 0. The predicted molar refractivity (Wildman–Crippen MR) is 140 cm³/mol. The highest BCUT2D eigenvalue weighted by Gasteiger charge is 2.53. The zero-order valence-corrected chi connectivity index (χ0v) is 21.9. The lowest BCUT2D eigenvalue weighted by atomic mass is 9.80. The topological polar surface area (TPSA) is 69.7 Å². The number of thiophene rings is 1. The molecular weight excluding hydrogens is 458 g/mol. The second kappa shape index (κ2) is 11.0. The number of piperidine rings is 1. The molecular formula is C28H37N3O3S. The molecule has 1 atom stereocenters. The molecule has 1 aromatic heterocycles. The summed E-state index contributed by atoms with van der Waals surface area (Å²) >= 11 is 1.76. The van der Waals surface area contributed by atoms with Crippen molar-refractivity contribution in [2.75, 3.05) is 19.6 Å². The van der Waals surface area contributed by atoms with Gasteiger partial charge in [0.1, 0.15) is 17.9 Å². The quantitative estimate of drug-likeness (QED) is 0.511. The van der Waals surface area contributed by atoms with Gasteiger partial charge >= 0.3 is 0 Å². The number of carbonyl (C=O) groups excluding carboxylic acids is 3. The van der Waals surface area contributed by atoms with E-state index in [0.29, 0.717) is 37.3 Å². The number of nitrogens with zero attached hydrogens (tertiary/aromatic N) is 2. The molecule has 2 fully saturated rings. The van der Waals surface area contributed by atoms with E-state index < -0.39 is 11.6 Å². The zero-order valence-electron chi connectivity index (χ0n) is 21.1. The summed E-state index contributed by atoms with van der Waals surface area (Å²) in [5.41, 5.74) is 1.09. The number of benzene rings is 1. The number of nitrogens with one attached hydrogen (secondary N) is 1. The number of piperazine rings is 1. The molecule has 7 heteroatoms. The van der Waals surface area contributed by atoms with Crippen LogP contribution in [0.3, 0.4) is 0 Å². The van der Waals surface area contributed by atoms with Crippen molar-refractivity contribution in [1.82, 2.24) is 15.1 Å². The maximum absolute atomic E-state index is 13.4. The molecule has 2 aliphatic heterocycles. The van der Waals surface area contributed by atoms with Crippen molar-refractivity contribution in [2.24, 2.45) is 5.92 Å². The van der Waals surface area contributed by atoms with Gasteiger partial charge in [-0.3, -0.25) is 19.3 Å². The van der Waals surface area contributed by atoms with Gasteiger partial charge in [-0.05, 0) is 49.3 Å². The first-order chi connectivity index (χ1) is 16.9. The molecule has 4 rings (SSSR count). The van der Waals surface area contributed by atoms with E-state index in [0.717, 1.165) is 44.3 Å². The lowest BCUT2D eigenvalue weighted by Gasteiger charge is -2.52. The minimum absolute atomic E-state index is 0.0377. The Morgan fingerprint density at radius 2 is 1.83 bits per heavy atom. The van der Waals surface area contributed by atoms with Crippen LogP contribution in [-0.4, -0.2) is 59.1 Å². The molecule has 2 saturated heterocycles. The van der Waals surface area contributed by atoms with Crippen molar-refractivity contribution in [3.05, 3.63) is 46.8 Å². The molecule has 0 aliphatic carbocycles. The van der Waals surface area contributed by atoms with Gasteiger partial charge in [-0.2, -0.15) is 0 Å². The van der Waals surface area contributed by atoms with Gasteiger partial charge in [0, 0.05) is 41.5 Å². The first-order valence-electron chi connectivity index (χ1n) is 12.9. The van der Waals surface area contributed by atoms with E-state index in [9.17, 15) is 14.4 Å². The maximum Gasteiger partial charge on any atom is 0.246 e. The number of hydrogen-bond acceptors (Lipinski definition) is 5.